The lowest BCUT2D eigenvalue weighted by molar-refractivity contribution is 0.476. The summed E-state index contributed by atoms with van der Waals surface area (Å²) in [5.41, 5.74) is 2.13. The Kier molecular flexibility index (Phi) is 6.12. The number of thioether (sulfide) groups is 1. The van der Waals surface area contributed by atoms with Crippen LogP contribution < -0.4 is 5.32 Å². The van der Waals surface area contributed by atoms with Crippen LogP contribution in [-0.2, 0) is 13.0 Å². The molecule has 0 saturated heterocycles. The first-order valence-corrected chi connectivity index (χ1v) is 9.77. The van der Waals surface area contributed by atoms with Gasteiger partial charge in [0.15, 0.2) is 11.6 Å². The third-order valence-electron chi connectivity index (χ3n) is 4.17. The molecule has 1 N–H and O–H groups in total. The molecule has 0 saturated carbocycles. The molecule has 1 aromatic carbocycles. The fourth-order valence-corrected chi connectivity index (χ4v) is 3.22. The minimum absolute atomic E-state index is 0.748. The molecule has 3 rings (SSSR count). The summed E-state index contributed by atoms with van der Waals surface area (Å²) < 4.78 is 2.02. The van der Waals surface area contributed by atoms with Gasteiger partial charge < -0.3 is 10.2 Å². The van der Waals surface area contributed by atoms with E-state index in [1.165, 1.54) is 10.5 Å². The predicted octanol–water partition coefficient (Wildman–Crippen LogP) is 2.70. The van der Waals surface area contributed by atoms with Gasteiger partial charge in [-0.25, -0.2) is 0 Å². The standard InChI is InChI=1S/C19H24N6S/c1-20-19(24(2)14-15-7-9-16(26-3)10-8-15)21-12-11-18-23-22-17-6-4-5-13-25(17)18/h4-10,13H,11-12,14H2,1-3H3,(H,20,21). The van der Waals surface area contributed by atoms with Crippen LogP contribution in [0.15, 0.2) is 58.5 Å². The lowest BCUT2D eigenvalue weighted by Gasteiger charge is -2.22. The molecular formula is C19H24N6S. The van der Waals surface area contributed by atoms with E-state index in [1.54, 1.807) is 11.8 Å². The molecule has 7 heteroatoms. The van der Waals surface area contributed by atoms with Crippen LogP contribution in [0.4, 0.5) is 0 Å². The molecule has 0 aliphatic rings. The van der Waals surface area contributed by atoms with Crippen molar-refractivity contribution >= 4 is 23.4 Å². The van der Waals surface area contributed by atoms with Crippen molar-refractivity contribution in [1.82, 2.24) is 24.8 Å². The van der Waals surface area contributed by atoms with Crippen LogP contribution in [0.25, 0.3) is 5.65 Å². The van der Waals surface area contributed by atoms with Crippen molar-refractivity contribution in [3.05, 3.63) is 60.0 Å². The van der Waals surface area contributed by atoms with Crippen LogP contribution in [0.3, 0.4) is 0 Å². The average molecular weight is 369 g/mol. The summed E-state index contributed by atoms with van der Waals surface area (Å²) in [6.07, 6.45) is 4.86. The van der Waals surface area contributed by atoms with Crippen molar-refractivity contribution in [3.63, 3.8) is 0 Å². The van der Waals surface area contributed by atoms with Crippen LogP contribution in [0.1, 0.15) is 11.4 Å². The lowest BCUT2D eigenvalue weighted by Crippen LogP contribution is -2.39. The quantitative estimate of drug-likeness (QED) is 0.412. The Bertz CT molecular complexity index is 871. The smallest absolute Gasteiger partial charge is 0.193 e. The zero-order valence-corrected chi connectivity index (χ0v) is 16.2. The number of benzene rings is 1. The lowest BCUT2D eigenvalue weighted by atomic mass is 10.2. The summed E-state index contributed by atoms with van der Waals surface area (Å²) >= 11 is 1.75. The van der Waals surface area contributed by atoms with Crippen molar-refractivity contribution in [2.75, 3.05) is 26.9 Å². The highest BCUT2D eigenvalue weighted by Gasteiger charge is 2.08. The van der Waals surface area contributed by atoms with E-state index in [-0.39, 0.29) is 0 Å². The third kappa shape index (κ3) is 4.35. The molecule has 0 unspecified atom stereocenters. The van der Waals surface area contributed by atoms with Gasteiger partial charge in [0, 0.05) is 44.7 Å². The molecule has 2 heterocycles. The van der Waals surface area contributed by atoms with Gasteiger partial charge in [-0.2, -0.15) is 0 Å². The van der Waals surface area contributed by atoms with Crippen LogP contribution >= 0.6 is 11.8 Å². The summed E-state index contributed by atoms with van der Waals surface area (Å²) in [4.78, 5) is 7.78. The number of aliphatic imine (C=N–C) groups is 1. The largest absolute Gasteiger partial charge is 0.356 e. The van der Waals surface area contributed by atoms with Gasteiger partial charge >= 0.3 is 0 Å². The maximum atomic E-state index is 4.38. The maximum Gasteiger partial charge on any atom is 0.193 e. The van der Waals surface area contributed by atoms with Crippen LogP contribution in [0.5, 0.6) is 0 Å². The second kappa shape index (κ2) is 8.71. The number of fused-ring (bicyclic) bond motifs is 1. The number of aromatic nitrogens is 3. The summed E-state index contributed by atoms with van der Waals surface area (Å²) in [6, 6.07) is 14.5. The Morgan fingerprint density at radius 2 is 2.00 bits per heavy atom. The summed E-state index contributed by atoms with van der Waals surface area (Å²) in [7, 11) is 3.85. The minimum atomic E-state index is 0.748. The molecule has 0 aliphatic heterocycles. The number of rotatable bonds is 6. The Balaban J connectivity index is 1.55. The van der Waals surface area contributed by atoms with Crippen molar-refractivity contribution in [3.8, 4) is 0 Å². The molecule has 3 aromatic rings. The van der Waals surface area contributed by atoms with E-state index in [0.29, 0.717) is 0 Å². The molecule has 6 nitrogen and oxygen atoms in total. The molecule has 136 valence electrons. The van der Waals surface area contributed by atoms with E-state index in [4.69, 9.17) is 0 Å². The van der Waals surface area contributed by atoms with Crippen molar-refractivity contribution in [2.45, 2.75) is 17.9 Å². The second-order valence-corrected chi connectivity index (χ2v) is 6.85. The fraction of sp³-hybridized carbons (Fsp3) is 0.316. The first-order chi connectivity index (χ1) is 12.7. The van der Waals surface area contributed by atoms with Gasteiger partial charge in [0.1, 0.15) is 5.82 Å². The molecule has 0 radical (unpaired) electrons. The van der Waals surface area contributed by atoms with E-state index in [2.05, 4.69) is 55.9 Å². The number of guanidine groups is 1. The van der Waals surface area contributed by atoms with E-state index in [9.17, 15) is 0 Å². The first-order valence-electron chi connectivity index (χ1n) is 8.54. The summed E-state index contributed by atoms with van der Waals surface area (Å²) in [5, 5.41) is 11.9. The Morgan fingerprint density at radius 1 is 1.19 bits per heavy atom. The van der Waals surface area contributed by atoms with Gasteiger partial charge in [0.2, 0.25) is 0 Å². The molecule has 26 heavy (non-hydrogen) atoms. The van der Waals surface area contributed by atoms with Gasteiger partial charge in [0.25, 0.3) is 0 Å². The Hall–Kier alpha value is -2.54. The highest BCUT2D eigenvalue weighted by Crippen LogP contribution is 2.15. The minimum Gasteiger partial charge on any atom is -0.356 e. The third-order valence-corrected chi connectivity index (χ3v) is 4.91. The SMILES string of the molecule is CN=C(NCCc1nnc2ccccn12)N(C)Cc1ccc(SC)cc1. The number of hydrogen-bond acceptors (Lipinski definition) is 4. The molecular weight excluding hydrogens is 344 g/mol. The van der Waals surface area contributed by atoms with Crippen molar-refractivity contribution in [1.29, 1.82) is 0 Å². The molecule has 0 atom stereocenters. The first kappa shape index (κ1) is 18.3. The second-order valence-electron chi connectivity index (χ2n) is 5.97. The van der Waals surface area contributed by atoms with Crippen LogP contribution in [0.2, 0.25) is 0 Å². The molecule has 0 aliphatic carbocycles. The Labute approximate surface area is 158 Å². The number of nitrogens with one attached hydrogen (secondary N) is 1. The fourth-order valence-electron chi connectivity index (χ4n) is 2.81. The number of hydrogen-bond donors (Lipinski definition) is 1. The van der Waals surface area contributed by atoms with E-state index in [1.807, 2.05) is 42.9 Å². The topological polar surface area (TPSA) is 57.8 Å². The van der Waals surface area contributed by atoms with E-state index >= 15 is 0 Å². The van der Waals surface area contributed by atoms with Gasteiger partial charge in [-0.05, 0) is 36.1 Å². The van der Waals surface area contributed by atoms with Gasteiger partial charge in [0.05, 0.1) is 0 Å². The highest BCUT2D eigenvalue weighted by molar-refractivity contribution is 7.98. The molecule has 0 amide bonds. The number of pyridine rings is 1. The zero-order chi connectivity index (χ0) is 18.4. The summed E-state index contributed by atoms with van der Waals surface area (Å²) in [5.74, 6) is 1.81. The Morgan fingerprint density at radius 3 is 2.73 bits per heavy atom. The molecule has 0 bridgehead atoms. The van der Waals surface area contributed by atoms with Crippen molar-refractivity contribution in [2.24, 2.45) is 4.99 Å². The van der Waals surface area contributed by atoms with Gasteiger partial charge in [-0.1, -0.05) is 18.2 Å². The monoisotopic (exact) mass is 368 g/mol. The number of nitrogens with zero attached hydrogens (tertiary/aromatic N) is 5. The van der Waals surface area contributed by atoms with Gasteiger partial charge in [-0.15, -0.1) is 22.0 Å². The zero-order valence-electron chi connectivity index (χ0n) is 15.4. The molecule has 2 aromatic heterocycles. The average Bonchev–Trinajstić information content (AvgIpc) is 3.09. The predicted molar refractivity (Wildman–Crippen MR) is 108 cm³/mol. The summed E-state index contributed by atoms with van der Waals surface area (Å²) in [6.45, 7) is 1.56. The van der Waals surface area contributed by atoms with E-state index < -0.39 is 0 Å². The molecule has 0 fully saturated rings. The van der Waals surface area contributed by atoms with Crippen LogP contribution in [-0.4, -0.2) is 52.4 Å². The maximum absolute atomic E-state index is 4.38. The van der Waals surface area contributed by atoms with Crippen LogP contribution in [0, 0.1) is 0 Å². The highest BCUT2D eigenvalue weighted by atomic mass is 32.2. The van der Waals surface area contributed by atoms with Gasteiger partial charge in [-0.3, -0.25) is 9.39 Å². The van der Waals surface area contributed by atoms with E-state index in [0.717, 1.165) is 36.9 Å². The molecule has 0 spiro atoms. The normalized spacial score (nSPS) is 11.7. The van der Waals surface area contributed by atoms with Crippen molar-refractivity contribution < 1.29 is 0 Å².